The lowest BCUT2D eigenvalue weighted by atomic mass is 10.1. The van der Waals surface area contributed by atoms with Gasteiger partial charge in [-0.3, -0.25) is 14.3 Å². The van der Waals surface area contributed by atoms with E-state index < -0.39 is 0 Å². The Bertz CT molecular complexity index is 1210. The van der Waals surface area contributed by atoms with Crippen LogP contribution in [0.1, 0.15) is 35.6 Å². The SMILES string of the molecule is O=C([C@H](Sc1nnc(-c2cccnc2)n1Cc1ccccc1)c1ccccc1)N1CCCCC1. The predicted molar refractivity (Wildman–Crippen MR) is 134 cm³/mol. The smallest absolute Gasteiger partial charge is 0.240 e. The van der Waals surface area contributed by atoms with Crippen LogP contribution in [0.3, 0.4) is 0 Å². The van der Waals surface area contributed by atoms with E-state index in [9.17, 15) is 4.79 Å². The molecule has 6 nitrogen and oxygen atoms in total. The largest absolute Gasteiger partial charge is 0.341 e. The van der Waals surface area contributed by atoms with Crippen LogP contribution in [0.4, 0.5) is 0 Å². The maximum Gasteiger partial charge on any atom is 0.240 e. The lowest BCUT2D eigenvalue weighted by molar-refractivity contribution is -0.131. The predicted octanol–water partition coefficient (Wildman–Crippen LogP) is 5.23. The fourth-order valence-corrected chi connectivity index (χ4v) is 5.39. The number of piperidine rings is 1. The van der Waals surface area contributed by atoms with Crippen LogP contribution in [0, 0.1) is 0 Å². The van der Waals surface area contributed by atoms with Gasteiger partial charge in [0.05, 0.1) is 6.54 Å². The Morgan fingerprint density at radius 3 is 2.32 bits per heavy atom. The Labute approximate surface area is 204 Å². The molecule has 2 aromatic heterocycles. The lowest BCUT2D eigenvalue weighted by Crippen LogP contribution is -2.38. The van der Waals surface area contributed by atoms with E-state index in [2.05, 4.69) is 31.9 Å². The van der Waals surface area contributed by atoms with Crippen molar-refractivity contribution in [3.63, 3.8) is 0 Å². The summed E-state index contributed by atoms with van der Waals surface area (Å²) in [5.41, 5.74) is 3.03. The molecule has 1 atom stereocenters. The second-order valence-corrected chi connectivity index (χ2v) is 9.49. The lowest BCUT2D eigenvalue weighted by Gasteiger charge is -2.30. The summed E-state index contributed by atoms with van der Waals surface area (Å²) in [6, 6.07) is 24.2. The quantitative estimate of drug-likeness (QED) is 0.347. The number of carbonyl (C=O) groups is 1. The van der Waals surface area contributed by atoms with Gasteiger partial charge >= 0.3 is 0 Å². The molecule has 1 aliphatic heterocycles. The zero-order chi connectivity index (χ0) is 23.2. The van der Waals surface area contributed by atoms with Crippen molar-refractivity contribution in [2.75, 3.05) is 13.1 Å². The first-order valence-electron chi connectivity index (χ1n) is 11.7. The van der Waals surface area contributed by atoms with Gasteiger partial charge in [0.15, 0.2) is 11.0 Å². The number of rotatable bonds is 7. The van der Waals surface area contributed by atoms with Crippen LogP contribution >= 0.6 is 11.8 Å². The minimum absolute atomic E-state index is 0.146. The first kappa shape index (κ1) is 22.3. The van der Waals surface area contributed by atoms with Crippen LogP contribution < -0.4 is 0 Å². The van der Waals surface area contributed by atoms with Gasteiger partial charge in [-0.05, 0) is 42.5 Å². The van der Waals surface area contributed by atoms with Crippen molar-refractivity contribution in [2.45, 2.75) is 36.2 Å². The zero-order valence-electron chi connectivity index (χ0n) is 19.0. The molecule has 34 heavy (non-hydrogen) atoms. The molecule has 0 unspecified atom stereocenters. The summed E-state index contributed by atoms with van der Waals surface area (Å²) in [6.07, 6.45) is 6.86. The maximum atomic E-state index is 13.7. The first-order chi connectivity index (χ1) is 16.8. The highest BCUT2D eigenvalue weighted by atomic mass is 32.2. The van der Waals surface area contributed by atoms with Crippen molar-refractivity contribution in [1.29, 1.82) is 0 Å². The summed E-state index contributed by atoms with van der Waals surface area (Å²) in [5.74, 6) is 0.893. The molecule has 0 N–H and O–H groups in total. The van der Waals surface area contributed by atoms with Gasteiger partial charge < -0.3 is 4.90 Å². The second-order valence-electron chi connectivity index (χ2n) is 8.41. The Hall–Kier alpha value is -3.45. The van der Waals surface area contributed by atoms with Crippen LogP contribution in [-0.4, -0.2) is 43.6 Å². The zero-order valence-corrected chi connectivity index (χ0v) is 19.8. The third-order valence-corrected chi connectivity index (χ3v) is 7.26. The number of aromatic nitrogens is 4. The monoisotopic (exact) mass is 469 g/mol. The number of hydrogen-bond acceptors (Lipinski definition) is 5. The molecule has 172 valence electrons. The summed E-state index contributed by atoms with van der Waals surface area (Å²) in [5, 5.41) is 9.44. The fraction of sp³-hybridized carbons (Fsp3) is 0.259. The van der Waals surface area contributed by atoms with Crippen LogP contribution in [0.15, 0.2) is 90.3 Å². The Morgan fingerprint density at radius 2 is 1.62 bits per heavy atom. The molecule has 1 amide bonds. The summed E-state index contributed by atoms with van der Waals surface area (Å²) in [7, 11) is 0. The van der Waals surface area contributed by atoms with Gasteiger partial charge in [0, 0.05) is 31.0 Å². The minimum atomic E-state index is -0.375. The summed E-state index contributed by atoms with van der Waals surface area (Å²) in [6.45, 7) is 2.25. The molecule has 1 saturated heterocycles. The highest BCUT2D eigenvalue weighted by Gasteiger charge is 2.30. The van der Waals surface area contributed by atoms with Gasteiger partial charge in [0.2, 0.25) is 5.91 Å². The second kappa shape index (κ2) is 10.7. The van der Waals surface area contributed by atoms with E-state index >= 15 is 0 Å². The number of likely N-dealkylation sites (tertiary alicyclic amines) is 1. The van der Waals surface area contributed by atoms with Crippen LogP contribution in [0.25, 0.3) is 11.4 Å². The van der Waals surface area contributed by atoms with Crippen molar-refractivity contribution in [3.8, 4) is 11.4 Å². The average molecular weight is 470 g/mol. The molecular formula is C27H27N5OS. The van der Waals surface area contributed by atoms with Crippen molar-refractivity contribution in [1.82, 2.24) is 24.6 Å². The molecule has 0 radical (unpaired) electrons. The van der Waals surface area contributed by atoms with Gasteiger partial charge in [-0.1, -0.05) is 72.4 Å². The Kier molecular flexibility index (Phi) is 7.00. The van der Waals surface area contributed by atoms with Gasteiger partial charge in [0.25, 0.3) is 0 Å². The van der Waals surface area contributed by atoms with Crippen molar-refractivity contribution in [3.05, 3.63) is 96.3 Å². The van der Waals surface area contributed by atoms with Crippen LogP contribution in [-0.2, 0) is 11.3 Å². The number of thioether (sulfide) groups is 1. The van der Waals surface area contributed by atoms with Gasteiger partial charge in [-0.25, -0.2) is 0 Å². The van der Waals surface area contributed by atoms with Gasteiger partial charge in [-0.15, -0.1) is 10.2 Å². The highest BCUT2D eigenvalue weighted by Crippen LogP contribution is 2.38. The molecule has 5 rings (SSSR count). The number of hydrogen-bond donors (Lipinski definition) is 0. The van der Waals surface area contributed by atoms with Crippen molar-refractivity contribution in [2.24, 2.45) is 0 Å². The molecule has 0 spiro atoms. The molecule has 3 heterocycles. The maximum absolute atomic E-state index is 13.7. The Morgan fingerprint density at radius 1 is 0.882 bits per heavy atom. The molecule has 1 fully saturated rings. The van der Waals surface area contributed by atoms with E-state index in [1.54, 1.807) is 12.4 Å². The number of carbonyl (C=O) groups excluding carboxylic acids is 1. The normalized spacial score (nSPS) is 14.6. The molecule has 0 bridgehead atoms. The number of nitrogens with zero attached hydrogens (tertiary/aromatic N) is 5. The van der Waals surface area contributed by atoms with Gasteiger partial charge in [0.1, 0.15) is 5.25 Å². The van der Waals surface area contributed by atoms with Crippen molar-refractivity contribution < 1.29 is 4.79 Å². The first-order valence-corrected chi connectivity index (χ1v) is 12.6. The summed E-state index contributed by atoms with van der Waals surface area (Å²) in [4.78, 5) is 20.0. The molecule has 4 aromatic rings. The highest BCUT2D eigenvalue weighted by molar-refractivity contribution is 8.00. The minimum Gasteiger partial charge on any atom is -0.341 e. The van der Waals surface area contributed by atoms with Crippen LogP contribution in [0.2, 0.25) is 0 Å². The average Bonchev–Trinajstić information content (AvgIpc) is 3.31. The molecular weight excluding hydrogens is 442 g/mol. The fourth-order valence-electron chi connectivity index (χ4n) is 4.27. The van der Waals surface area contributed by atoms with E-state index in [1.165, 1.54) is 18.2 Å². The molecule has 7 heteroatoms. The van der Waals surface area contributed by atoms with E-state index in [0.29, 0.717) is 6.54 Å². The molecule has 0 saturated carbocycles. The van der Waals surface area contributed by atoms with E-state index in [1.807, 2.05) is 65.6 Å². The van der Waals surface area contributed by atoms with Crippen LogP contribution in [0.5, 0.6) is 0 Å². The van der Waals surface area contributed by atoms with E-state index in [-0.39, 0.29) is 11.2 Å². The number of benzene rings is 2. The topological polar surface area (TPSA) is 63.9 Å². The van der Waals surface area contributed by atoms with E-state index in [4.69, 9.17) is 0 Å². The molecule has 0 aliphatic carbocycles. The summed E-state index contributed by atoms with van der Waals surface area (Å²) < 4.78 is 2.09. The molecule has 1 aliphatic rings. The summed E-state index contributed by atoms with van der Waals surface area (Å²) >= 11 is 1.48. The molecule has 2 aromatic carbocycles. The Balaban J connectivity index is 1.52. The third-order valence-electron chi connectivity index (χ3n) is 6.04. The van der Waals surface area contributed by atoms with Gasteiger partial charge in [-0.2, -0.15) is 0 Å². The van der Waals surface area contributed by atoms with Crippen molar-refractivity contribution >= 4 is 17.7 Å². The third kappa shape index (κ3) is 5.04. The number of amides is 1. The standard InChI is InChI=1S/C27H27N5OS/c33-26(31-17-8-3-9-18-31)24(22-13-6-2-7-14-22)34-27-30-29-25(23-15-10-16-28-19-23)32(27)20-21-11-4-1-5-12-21/h1-2,4-7,10-16,19,24H,3,8-9,17-18,20H2/t24-/m1/s1. The number of pyridine rings is 1. The van der Waals surface area contributed by atoms with E-state index in [0.717, 1.165) is 53.6 Å².